The van der Waals surface area contributed by atoms with Crippen LogP contribution in [0.15, 0.2) is 67.9 Å². The second-order valence-electron chi connectivity index (χ2n) is 6.99. The minimum absolute atomic E-state index is 0.0696. The average molecular weight is 456 g/mol. The predicted molar refractivity (Wildman–Crippen MR) is 117 cm³/mol. The van der Waals surface area contributed by atoms with Crippen LogP contribution in [-0.4, -0.2) is 31.7 Å². The number of benzene rings is 3. The molecule has 4 N–H and O–H groups in total. The van der Waals surface area contributed by atoms with Crippen molar-refractivity contribution in [3.8, 4) is 0 Å². The first-order chi connectivity index (χ1) is 14.6. The van der Waals surface area contributed by atoms with Crippen molar-refractivity contribution in [1.82, 2.24) is 9.97 Å². The van der Waals surface area contributed by atoms with E-state index in [1.54, 1.807) is 0 Å². The Morgan fingerprint density at radius 3 is 1.71 bits per heavy atom. The first-order valence-corrected chi connectivity index (χ1v) is 11.4. The number of aromatic nitrogens is 2. The van der Waals surface area contributed by atoms with E-state index in [1.165, 1.54) is 36.4 Å². The number of hydrogen-bond acceptors (Lipinski definition) is 5. The van der Waals surface area contributed by atoms with Gasteiger partial charge in [0.25, 0.3) is 10.1 Å². The molecule has 0 aliphatic carbocycles. The number of rotatable bonds is 2. The van der Waals surface area contributed by atoms with E-state index in [1.807, 2.05) is 0 Å². The number of H-pyrrole nitrogens is 2. The summed E-state index contributed by atoms with van der Waals surface area (Å²) in [6.45, 7) is 0. The van der Waals surface area contributed by atoms with Crippen LogP contribution >= 0.6 is 0 Å². The largest absolute Gasteiger partial charge is 0.354 e. The van der Waals surface area contributed by atoms with Crippen LogP contribution < -0.4 is 10.9 Å². The van der Waals surface area contributed by atoms with E-state index in [9.17, 15) is 31.3 Å². The van der Waals surface area contributed by atoms with Crippen LogP contribution in [0.2, 0.25) is 0 Å². The molecular weight excluding hydrogens is 444 g/mol. The maximum Gasteiger partial charge on any atom is 0.294 e. The van der Waals surface area contributed by atoms with Gasteiger partial charge in [-0.15, -0.1) is 0 Å². The molecule has 156 valence electrons. The predicted octanol–water partition coefficient (Wildman–Crippen LogP) is 2.50. The monoisotopic (exact) mass is 456 g/mol. The lowest BCUT2D eigenvalue weighted by Gasteiger charge is -2.08. The smallest absolute Gasteiger partial charge is 0.294 e. The molecule has 0 aliphatic rings. The van der Waals surface area contributed by atoms with Crippen molar-refractivity contribution >= 4 is 64.8 Å². The van der Waals surface area contributed by atoms with Crippen LogP contribution in [0.1, 0.15) is 0 Å². The summed E-state index contributed by atoms with van der Waals surface area (Å²) < 4.78 is 52.8. The van der Waals surface area contributed by atoms with E-state index < -0.39 is 31.5 Å². The molecule has 0 amide bonds. The van der Waals surface area contributed by atoms with Crippen molar-refractivity contribution < 1.29 is 21.7 Å². The third-order valence-electron chi connectivity index (χ3n) is 5.16. The van der Waals surface area contributed by atoms with Gasteiger partial charge in [-0.25, -0.2) is 4.21 Å². The van der Waals surface area contributed by atoms with Gasteiger partial charge in [-0.2, -0.15) is 8.42 Å². The summed E-state index contributed by atoms with van der Waals surface area (Å²) in [6, 6.07) is 10.9. The van der Waals surface area contributed by atoms with E-state index in [2.05, 4.69) is 9.97 Å². The van der Waals surface area contributed by atoms with Gasteiger partial charge < -0.3 is 14.5 Å². The third-order valence-corrected chi connectivity index (χ3v) is 6.66. The number of hydrogen-bond donors (Lipinski definition) is 4. The maximum absolute atomic E-state index is 13.0. The van der Waals surface area contributed by atoms with Gasteiger partial charge >= 0.3 is 0 Å². The molecule has 0 bridgehead atoms. The molecule has 0 spiro atoms. The Labute approximate surface area is 175 Å². The molecule has 0 aliphatic heterocycles. The van der Waals surface area contributed by atoms with Crippen LogP contribution in [-0.2, 0) is 21.2 Å². The summed E-state index contributed by atoms with van der Waals surface area (Å²) in [6.07, 6.45) is 0. The zero-order valence-corrected chi connectivity index (χ0v) is 17.0. The van der Waals surface area contributed by atoms with Gasteiger partial charge in [-0.3, -0.25) is 14.1 Å². The molecule has 0 radical (unpaired) electrons. The topological polar surface area (TPSA) is 157 Å². The molecule has 2 heterocycles. The molecule has 1 unspecified atom stereocenters. The van der Waals surface area contributed by atoms with Crippen LogP contribution in [0.4, 0.5) is 0 Å². The molecule has 11 heteroatoms. The maximum atomic E-state index is 13.0. The molecule has 2 aromatic heterocycles. The fourth-order valence-electron chi connectivity index (χ4n) is 3.67. The van der Waals surface area contributed by atoms with E-state index in [-0.39, 0.29) is 31.9 Å². The molecule has 1 atom stereocenters. The number of aromatic amines is 2. The van der Waals surface area contributed by atoms with Crippen molar-refractivity contribution in [2.75, 3.05) is 0 Å². The average Bonchev–Trinajstić information content (AvgIpc) is 2.72. The molecule has 0 saturated heterocycles. The quantitative estimate of drug-likeness (QED) is 0.180. The van der Waals surface area contributed by atoms with Gasteiger partial charge in [0.15, 0.2) is 21.9 Å². The van der Waals surface area contributed by atoms with Gasteiger partial charge in [-0.1, -0.05) is 0 Å². The second-order valence-corrected chi connectivity index (χ2v) is 9.38. The lowest BCUT2D eigenvalue weighted by molar-refractivity contribution is 0.483. The highest BCUT2D eigenvalue weighted by atomic mass is 32.2. The Morgan fingerprint density at radius 1 is 0.710 bits per heavy atom. The van der Waals surface area contributed by atoms with Gasteiger partial charge in [0.05, 0.1) is 20.8 Å². The van der Waals surface area contributed by atoms with Crippen LogP contribution in [0.3, 0.4) is 0 Å². The Bertz CT molecular complexity index is 1840. The summed E-state index contributed by atoms with van der Waals surface area (Å²) in [7, 11) is -4.48. The van der Waals surface area contributed by atoms with Crippen molar-refractivity contribution in [1.29, 1.82) is 0 Å². The van der Waals surface area contributed by atoms with Crippen molar-refractivity contribution in [2.24, 2.45) is 0 Å². The zero-order chi connectivity index (χ0) is 22.1. The fourth-order valence-corrected chi connectivity index (χ4v) is 4.58. The van der Waals surface area contributed by atoms with E-state index in [0.717, 1.165) is 12.1 Å². The standard InChI is InChI=1S/C20H12N2O7S2/c23-19-11-5-9(30(25)26)1-3-15(11)21-17-8-14-18(7-13(17)19)22-16-4-2-10(31(27,28)29)6-12(16)20(14)24/h1-8H,(H,21,23)(H,22,24)(H,25,26)(H,27,28,29). The van der Waals surface area contributed by atoms with Crippen molar-refractivity contribution in [3.05, 3.63) is 69.0 Å². The summed E-state index contributed by atoms with van der Waals surface area (Å²) in [5.74, 6) is 0. The first kappa shape index (κ1) is 19.6. The van der Waals surface area contributed by atoms with Gasteiger partial charge in [-0.05, 0) is 48.5 Å². The summed E-state index contributed by atoms with van der Waals surface area (Å²) in [5.41, 5.74) is 0.648. The lowest BCUT2D eigenvalue weighted by Crippen LogP contribution is -2.09. The highest BCUT2D eigenvalue weighted by molar-refractivity contribution is 7.85. The third kappa shape index (κ3) is 3.06. The summed E-state index contributed by atoms with van der Waals surface area (Å²) in [5, 5.41) is 0.786. The number of fused-ring (bicyclic) bond motifs is 4. The highest BCUT2D eigenvalue weighted by Crippen LogP contribution is 2.23. The lowest BCUT2D eigenvalue weighted by atomic mass is 10.1. The molecule has 9 nitrogen and oxygen atoms in total. The first-order valence-electron chi connectivity index (χ1n) is 8.81. The Balaban J connectivity index is 1.89. The summed E-state index contributed by atoms with van der Waals surface area (Å²) in [4.78, 5) is 31.8. The van der Waals surface area contributed by atoms with Crippen LogP contribution in [0.25, 0.3) is 43.6 Å². The van der Waals surface area contributed by atoms with Gasteiger partial charge in [0.1, 0.15) is 0 Å². The molecular formula is C20H12N2O7S2. The summed E-state index contributed by atoms with van der Waals surface area (Å²) >= 11 is -2.24. The van der Waals surface area contributed by atoms with E-state index >= 15 is 0 Å². The Hall–Kier alpha value is -3.38. The minimum atomic E-state index is -4.48. The van der Waals surface area contributed by atoms with Gasteiger partial charge in [0, 0.05) is 32.6 Å². The minimum Gasteiger partial charge on any atom is -0.354 e. The molecule has 5 rings (SSSR count). The fraction of sp³-hybridized carbons (Fsp3) is 0. The number of pyridine rings is 2. The van der Waals surface area contributed by atoms with Gasteiger partial charge in [0.2, 0.25) is 0 Å². The second kappa shape index (κ2) is 6.56. The normalized spacial score (nSPS) is 13.4. The van der Waals surface area contributed by atoms with Crippen LogP contribution in [0.5, 0.6) is 0 Å². The SMILES string of the molecule is O=c1c2cc(S(=O)O)ccc2[nH]c2cc3c(=O)c4cc(S(=O)(=O)O)ccc4[nH]c3cc12. The molecule has 5 aromatic rings. The Kier molecular flexibility index (Phi) is 4.14. The highest BCUT2D eigenvalue weighted by Gasteiger charge is 2.15. The Morgan fingerprint density at radius 2 is 1.19 bits per heavy atom. The molecule has 0 saturated carbocycles. The number of nitrogens with one attached hydrogen (secondary N) is 2. The van der Waals surface area contributed by atoms with E-state index in [0.29, 0.717) is 22.1 Å². The van der Waals surface area contributed by atoms with Crippen molar-refractivity contribution in [2.45, 2.75) is 9.79 Å². The van der Waals surface area contributed by atoms with Crippen LogP contribution in [0, 0.1) is 0 Å². The molecule has 31 heavy (non-hydrogen) atoms. The zero-order valence-electron chi connectivity index (χ0n) is 15.4. The molecule has 0 fully saturated rings. The molecule has 3 aromatic carbocycles. The van der Waals surface area contributed by atoms with E-state index in [4.69, 9.17) is 0 Å². The van der Waals surface area contributed by atoms with Crippen molar-refractivity contribution in [3.63, 3.8) is 0 Å².